The number of piperidine rings is 1. The molecule has 4 fully saturated rings. The van der Waals surface area contributed by atoms with E-state index in [9.17, 15) is 23.6 Å². The highest BCUT2D eigenvalue weighted by Gasteiger charge is 2.44. The van der Waals surface area contributed by atoms with Gasteiger partial charge < -0.3 is 43.9 Å². The summed E-state index contributed by atoms with van der Waals surface area (Å²) in [5.74, 6) is -2.08. The molecule has 2 N–H and O–H groups in total. The normalized spacial score (nSPS) is 21.6. The van der Waals surface area contributed by atoms with Crippen molar-refractivity contribution in [3.05, 3.63) is 83.2 Å². The first-order valence-electron chi connectivity index (χ1n) is 29.1. The minimum absolute atomic E-state index is 0.0202. The summed E-state index contributed by atoms with van der Waals surface area (Å²) in [5, 5.41) is 5.45. The van der Waals surface area contributed by atoms with E-state index in [1.165, 1.54) is 22.1 Å². The van der Waals surface area contributed by atoms with Crippen molar-refractivity contribution >= 4 is 46.3 Å². The molecule has 0 saturated carbocycles. The largest absolute Gasteiger partial charge is 0.464 e. The average molecular weight is 1120 g/mol. The van der Waals surface area contributed by atoms with E-state index in [0.29, 0.717) is 76.0 Å². The number of halogens is 2. The van der Waals surface area contributed by atoms with Gasteiger partial charge in [0.15, 0.2) is 0 Å². The van der Waals surface area contributed by atoms with Crippen molar-refractivity contribution in [1.29, 1.82) is 0 Å². The lowest BCUT2D eigenvalue weighted by atomic mass is 9.78. The number of likely N-dealkylation sites (tertiary alicyclic amines) is 2. The molecule has 19 heteroatoms. The van der Waals surface area contributed by atoms with E-state index in [1.807, 2.05) is 39.1 Å². The second kappa shape index (κ2) is 25.0. The molecule has 1 spiro atoms. The number of aromatic nitrogens is 2. The quantitative estimate of drug-likeness (QED) is 0.105. The van der Waals surface area contributed by atoms with Crippen molar-refractivity contribution in [3.8, 4) is 22.4 Å². The first-order chi connectivity index (χ1) is 38.8. The number of piperazine rings is 1. The van der Waals surface area contributed by atoms with E-state index in [0.717, 1.165) is 82.8 Å². The number of urea groups is 1. The van der Waals surface area contributed by atoms with E-state index in [2.05, 4.69) is 77.2 Å². The Morgan fingerprint density at radius 3 is 2.36 bits per heavy atom. The lowest BCUT2D eigenvalue weighted by molar-refractivity contribution is -0.155. The van der Waals surface area contributed by atoms with Crippen LogP contribution in [0.15, 0.2) is 60.8 Å². The molecule has 5 amide bonds. The molecular weight excluding hydrogens is 1030 g/mol. The fourth-order valence-corrected chi connectivity index (χ4v) is 13.0. The van der Waals surface area contributed by atoms with Crippen LogP contribution in [0.3, 0.4) is 0 Å². The molecule has 9 rings (SSSR count). The number of alkyl halides is 2. The van der Waals surface area contributed by atoms with Crippen LogP contribution in [0.2, 0.25) is 0 Å². The van der Waals surface area contributed by atoms with E-state index < -0.39 is 54.7 Å². The van der Waals surface area contributed by atoms with E-state index >= 15 is 9.18 Å². The fraction of sp³-hybridized carbons (Fsp3) is 0.581. The van der Waals surface area contributed by atoms with E-state index in [-0.39, 0.29) is 48.9 Å². The van der Waals surface area contributed by atoms with Crippen LogP contribution in [0, 0.1) is 16.7 Å². The number of hydrazine groups is 1. The third-order valence-electron chi connectivity index (χ3n) is 17.7. The molecule has 4 aromatic rings. The van der Waals surface area contributed by atoms with Crippen LogP contribution in [0.4, 0.5) is 19.3 Å². The minimum Gasteiger partial charge on any atom is -0.464 e. The molecule has 5 aliphatic rings. The van der Waals surface area contributed by atoms with Gasteiger partial charge >= 0.3 is 12.0 Å². The molecular formula is C62H84F2N10O7. The summed E-state index contributed by atoms with van der Waals surface area (Å²) in [6.45, 7) is 17.1. The Kier molecular flexibility index (Phi) is 18.2. The van der Waals surface area contributed by atoms with Crippen molar-refractivity contribution in [2.75, 3.05) is 98.3 Å². The number of hydrogen-bond donors (Lipinski definition) is 2. The number of likely N-dealkylation sites (N-methyl/N-ethyl adjacent to an activating group) is 2. The Balaban J connectivity index is 1.07. The summed E-state index contributed by atoms with van der Waals surface area (Å²) in [4.78, 5) is 86.0. The summed E-state index contributed by atoms with van der Waals surface area (Å²) >= 11 is 0. The van der Waals surface area contributed by atoms with E-state index in [1.54, 1.807) is 30.0 Å². The lowest BCUT2D eigenvalue weighted by Gasteiger charge is -2.42. The van der Waals surface area contributed by atoms with Gasteiger partial charge in [0, 0.05) is 114 Å². The number of amides is 5. The number of hydrogen-bond acceptors (Lipinski definition) is 11. The van der Waals surface area contributed by atoms with Crippen molar-refractivity contribution < 1.29 is 42.2 Å². The van der Waals surface area contributed by atoms with Crippen molar-refractivity contribution in [1.82, 2.24) is 44.9 Å². The highest BCUT2D eigenvalue weighted by Crippen LogP contribution is 2.44. The zero-order valence-corrected chi connectivity index (χ0v) is 49.0. The smallest absolute Gasteiger partial charge is 0.324 e. The molecule has 0 unspecified atom stereocenters. The molecule has 6 bridgehead atoms. The van der Waals surface area contributed by atoms with E-state index in [4.69, 9.17) is 14.5 Å². The third-order valence-corrected chi connectivity index (χ3v) is 17.7. The summed E-state index contributed by atoms with van der Waals surface area (Å²) in [5.41, 5.74) is 10.9. The maximum atomic E-state index is 15.2. The molecule has 0 aliphatic carbocycles. The van der Waals surface area contributed by atoms with Crippen LogP contribution < -0.4 is 15.6 Å². The van der Waals surface area contributed by atoms with Crippen LogP contribution in [0.25, 0.3) is 33.3 Å². The van der Waals surface area contributed by atoms with Gasteiger partial charge in [-0.3, -0.25) is 29.2 Å². The minimum atomic E-state index is -1.19. The van der Waals surface area contributed by atoms with Crippen molar-refractivity contribution in [2.45, 2.75) is 124 Å². The molecule has 2 aromatic carbocycles. The maximum absolute atomic E-state index is 15.2. The molecule has 17 nitrogen and oxygen atoms in total. The number of nitrogens with zero attached hydrogens (tertiary/aromatic N) is 8. The van der Waals surface area contributed by atoms with Gasteiger partial charge in [-0.2, -0.15) is 0 Å². The van der Waals surface area contributed by atoms with Gasteiger partial charge in [0.25, 0.3) is 5.91 Å². The summed E-state index contributed by atoms with van der Waals surface area (Å²) in [6.07, 6.45) is 7.67. The molecule has 81 heavy (non-hydrogen) atoms. The third kappa shape index (κ3) is 12.8. The Morgan fingerprint density at radius 1 is 0.951 bits per heavy atom. The van der Waals surface area contributed by atoms with Gasteiger partial charge in [-0.1, -0.05) is 45.9 Å². The van der Waals surface area contributed by atoms with Gasteiger partial charge in [-0.05, 0) is 129 Å². The zero-order valence-electron chi connectivity index (χ0n) is 49.0. The van der Waals surface area contributed by atoms with Crippen LogP contribution in [0.5, 0.6) is 0 Å². The van der Waals surface area contributed by atoms with Crippen LogP contribution in [-0.2, 0) is 54.7 Å². The number of rotatable bonds is 12. The Morgan fingerprint density at radius 2 is 1.68 bits per heavy atom. The number of aryl methyl sites for hydroxylation is 1. The lowest BCUT2D eigenvalue weighted by Crippen LogP contribution is -2.62. The maximum Gasteiger partial charge on any atom is 0.324 e. The molecule has 0 radical (unpaired) electrons. The number of carbonyl (C=O) groups is 5. The van der Waals surface area contributed by atoms with Gasteiger partial charge in [0.05, 0.1) is 36.0 Å². The highest BCUT2D eigenvalue weighted by atomic mass is 19.1. The number of methoxy groups -OCH3 is 1. The Hall–Kier alpha value is -6.44. The van der Waals surface area contributed by atoms with Crippen molar-refractivity contribution in [2.24, 2.45) is 16.7 Å². The summed E-state index contributed by atoms with van der Waals surface area (Å²) < 4.78 is 42.6. The SMILES string of the molecule is CCn1c(-c2cc(N3CCN(C)CC3)cnc2[C@H](C)OC)c2c3cc(ccc31)-c1cc(CF)cc(c1)C[C@H](NC(=O)[C@H](C(C)C)N(C)C(=O)N1CCC3(CCN(C(=O)/C=C/CF)C3)CC1)C(=O)N1CCC[C@H](N1)C(=O)OCC(C)(C)C2. The first-order valence-corrected chi connectivity index (χ1v) is 29.1. The molecule has 2 aromatic heterocycles. The van der Waals surface area contributed by atoms with Gasteiger partial charge in [-0.15, -0.1) is 0 Å². The Bertz CT molecular complexity index is 3000. The van der Waals surface area contributed by atoms with Gasteiger partial charge in [0.1, 0.15) is 31.5 Å². The summed E-state index contributed by atoms with van der Waals surface area (Å²) in [7, 11) is 5.45. The average Bonchev–Trinajstić information content (AvgIpc) is 4.27. The number of anilines is 1. The monoisotopic (exact) mass is 1120 g/mol. The number of esters is 1. The fourth-order valence-electron chi connectivity index (χ4n) is 13.0. The Labute approximate surface area is 476 Å². The standard InChI is InChI=1S/C62H84F2N10O7/c1-10-73-52-16-15-44-33-47(52)49(56(73)48-34-46(37-65-54(48)41(4)80-9)70-27-25-68(7)26-28-70)35-61(5,6)39-81-59(78)50-13-12-21-74(67-50)58(77)51(32-42-29-43(36-64)31-45(44)30-42)66-57(76)55(40(2)3)69(8)60(79)71-22-17-62(18-23-71)19-24-72(38-62)53(75)14-11-20-63/h11,14-16,29-31,33-34,37,40-41,50-51,55,67H,10,12-13,17-28,32,35-36,38-39H2,1-9H3,(H,66,76)/b14-11+/t41-,50-,51-,55-/m0/s1. The van der Waals surface area contributed by atoms with Crippen LogP contribution in [0.1, 0.15) is 102 Å². The first kappa shape index (κ1) is 59.2. The predicted molar refractivity (Wildman–Crippen MR) is 310 cm³/mol. The molecule has 5 aliphatic heterocycles. The number of pyridine rings is 1. The second-order valence-corrected chi connectivity index (χ2v) is 24.4. The van der Waals surface area contributed by atoms with Crippen LogP contribution in [-0.4, -0.2) is 175 Å². The number of cyclic esters (lactones) is 1. The second-order valence-electron chi connectivity index (χ2n) is 24.4. The summed E-state index contributed by atoms with van der Waals surface area (Å²) in [6, 6.07) is 10.8. The number of benzene rings is 2. The van der Waals surface area contributed by atoms with Crippen LogP contribution >= 0.6 is 0 Å². The van der Waals surface area contributed by atoms with Gasteiger partial charge in [0.2, 0.25) is 11.8 Å². The molecule has 7 heterocycles. The topological polar surface area (TPSA) is 165 Å². The number of allylic oxidation sites excluding steroid dienone is 1. The number of fused-ring (bicyclic) bond motifs is 6. The molecule has 4 saturated heterocycles. The zero-order chi connectivity index (χ0) is 57.9. The predicted octanol–water partition coefficient (Wildman–Crippen LogP) is 7.88. The number of ether oxygens (including phenoxy) is 2. The number of carbonyl (C=O) groups excluding carboxylic acids is 5. The van der Waals surface area contributed by atoms with Crippen molar-refractivity contribution in [3.63, 3.8) is 0 Å². The molecule has 438 valence electrons. The van der Waals surface area contributed by atoms with Gasteiger partial charge in [-0.25, -0.2) is 19.0 Å². The number of nitrogens with one attached hydrogen (secondary N) is 2. The molecule has 4 atom stereocenters. The highest BCUT2D eigenvalue weighted by molar-refractivity contribution is 5.96.